The van der Waals surface area contributed by atoms with Crippen LogP contribution < -0.4 is 16.8 Å². The highest BCUT2D eigenvalue weighted by Crippen LogP contribution is 2.27. The van der Waals surface area contributed by atoms with Crippen LogP contribution in [0, 0.1) is 0 Å². The Morgan fingerprint density at radius 1 is 1.47 bits per heavy atom. The summed E-state index contributed by atoms with van der Waals surface area (Å²) >= 11 is 0. The summed E-state index contributed by atoms with van der Waals surface area (Å²) in [5.74, 6) is -0.443. The number of anilines is 2. The number of H-pyrrole nitrogens is 1. The van der Waals surface area contributed by atoms with E-state index >= 15 is 0 Å². The molecule has 0 saturated heterocycles. The number of hydrogen-bond acceptors (Lipinski definition) is 4. The minimum Gasteiger partial charge on any atom is -0.397 e. The number of amides is 1. The van der Waals surface area contributed by atoms with Gasteiger partial charge in [0.25, 0.3) is 0 Å². The van der Waals surface area contributed by atoms with Crippen LogP contribution in [-0.4, -0.2) is 21.6 Å². The van der Waals surface area contributed by atoms with E-state index in [-0.39, 0.29) is 0 Å². The van der Waals surface area contributed by atoms with E-state index in [1.54, 1.807) is 26.1 Å². The molecular weight excluding hydrogens is 218 g/mol. The Hall–Kier alpha value is -2.24. The normalized spacial score (nSPS) is 11.6. The number of carbonyl (C=O) groups is 1. The molecule has 1 amide bonds. The highest BCUT2D eigenvalue weighted by molar-refractivity contribution is 5.92. The summed E-state index contributed by atoms with van der Waals surface area (Å²) < 4.78 is 0. The Morgan fingerprint density at radius 3 is 2.82 bits per heavy atom. The first-order valence-corrected chi connectivity index (χ1v) is 5.21. The number of aromatic nitrogens is 2. The predicted octanol–water partition coefficient (Wildman–Crippen LogP) is 0.821. The van der Waals surface area contributed by atoms with E-state index in [1.165, 1.54) is 0 Å². The zero-order valence-electron chi connectivity index (χ0n) is 9.74. The Kier molecular flexibility index (Phi) is 2.42. The smallest absolute Gasteiger partial charge is 0.242 e. The van der Waals surface area contributed by atoms with Gasteiger partial charge < -0.3 is 16.8 Å². The topological polar surface area (TPSA) is 110 Å². The van der Waals surface area contributed by atoms with Crippen molar-refractivity contribution in [3.8, 4) is 0 Å². The van der Waals surface area contributed by atoms with Gasteiger partial charge in [0.1, 0.15) is 5.54 Å². The molecule has 0 fully saturated rings. The van der Waals surface area contributed by atoms with E-state index in [9.17, 15) is 4.79 Å². The number of nitrogens with zero attached hydrogens (tertiary/aromatic N) is 1. The molecule has 6 nitrogen and oxygen atoms in total. The quantitative estimate of drug-likeness (QED) is 0.588. The summed E-state index contributed by atoms with van der Waals surface area (Å²) in [5, 5.41) is 10.7. The second-order valence-electron chi connectivity index (χ2n) is 4.51. The van der Waals surface area contributed by atoms with Gasteiger partial charge in [0.05, 0.1) is 23.1 Å². The number of benzene rings is 1. The van der Waals surface area contributed by atoms with Crippen molar-refractivity contribution in [1.29, 1.82) is 0 Å². The maximum Gasteiger partial charge on any atom is 0.242 e. The molecule has 1 heterocycles. The van der Waals surface area contributed by atoms with Crippen molar-refractivity contribution in [3.05, 3.63) is 18.3 Å². The van der Waals surface area contributed by atoms with Crippen LogP contribution in [0.15, 0.2) is 18.3 Å². The molecule has 0 saturated carbocycles. The number of nitrogens with two attached hydrogens (primary N) is 2. The predicted molar refractivity (Wildman–Crippen MR) is 67.4 cm³/mol. The van der Waals surface area contributed by atoms with Crippen LogP contribution in [0.5, 0.6) is 0 Å². The zero-order chi connectivity index (χ0) is 12.6. The number of carbonyl (C=O) groups excluding carboxylic acids is 1. The summed E-state index contributed by atoms with van der Waals surface area (Å²) in [6.45, 7) is 3.40. The molecule has 1 aromatic carbocycles. The number of nitrogen functional groups attached to an aromatic ring is 1. The SMILES string of the molecule is CC(C)(Nc1cc2[nH]ncc2cc1N)C(N)=O. The van der Waals surface area contributed by atoms with Gasteiger partial charge in [0, 0.05) is 5.39 Å². The van der Waals surface area contributed by atoms with Gasteiger partial charge in [-0.1, -0.05) is 0 Å². The first-order chi connectivity index (χ1) is 7.90. The van der Waals surface area contributed by atoms with Crippen LogP contribution in [-0.2, 0) is 4.79 Å². The molecule has 0 atom stereocenters. The van der Waals surface area contributed by atoms with Crippen LogP contribution in [0.25, 0.3) is 10.9 Å². The molecule has 0 spiro atoms. The first-order valence-electron chi connectivity index (χ1n) is 5.21. The van der Waals surface area contributed by atoms with Crippen LogP contribution >= 0.6 is 0 Å². The Bertz CT molecular complexity index is 572. The molecular formula is C11H15N5O. The summed E-state index contributed by atoms with van der Waals surface area (Å²) in [5.41, 5.74) is 12.4. The number of rotatable bonds is 3. The number of nitrogens with one attached hydrogen (secondary N) is 2. The molecule has 17 heavy (non-hydrogen) atoms. The summed E-state index contributed by atoms with van der Waals surface area (Å²) in [6, 6.07) is 3.60. The lowest BCUT2D eigenvalue weighted by atomic mass is 10.0. The molecule has 1 aromatic heterocycles. The summed E-state index contributed by atoms with van der Waals surface area (Å²) in [6.07, 6.45) is 1.69. The monoisotopic (exact) mass is 233 g/mol. The molecule has 6 N–H and O–H groups in total. The third kappa shape index (κ3) is 2.01. The average molecular weight is 233 g/mol. The molecule has 0 aliphatic carbocycles. The highest BCUT2D eigenvalue weighted by Gasteiger charge is 2.25. The summed E-state index contributed by atoms with van der Waals surface area (Å²) in [4.78, 5) is 11.2. The Labute approximate surface area is 98.4 Å². The van der Waals surface area contributed by atoms with Gasteiger partial charge >= 0.3 is 0 Å². The fourth-order valence-corrected chi connectivity index (χ4v) is 1.52. The molecule has 0 aliphatic heterocycles. The highest BCUT2D eigenvalue weighted by atomic mass is 16.1. The van der Waals surface area contributed by atoms with Crippen molar-refractivity contribution in [1.82, 2.24) is 10.2 Å². The lowest BCUT2D eigenvalue weighted by Crippen LogP contribution is -2.45. The molecule has 6 heteroatoms. The van der Waals surface area contributed by atoms with E-state index in [0.29, 0.717) is 11.4 Å². The third-order valence-corrected chi connectivity index (χ3v) is 2.67. The number of fused-ring (bicyclic) bond motifs is 1. The van der Waals surface area contributed by atoms with Gasteiger partial charge in [-0.25, -0.2) is 0 Å². The Balaban J connectivity index is 2.41. The summed E-state index contributed by atoms with van der Waals surface area (Å²) in [7, 11) is 0. The van der Waals surface area contributed by atoms with Gasteiger partial charge in [-0.2, -0.15) is 5.10 Å². The zero-order valence-corrected chi connectivity index (χ0v) is 9.74. The van der Waals surface area contributed by atoms with Gasteiger partial charge in [-0.15, -0.1) is 0 Å². The fraction of sp³-hybridized carbons (Fsp3) is 0.273. The fourth-order valence-electron chi connectivity index (χ4n) is 1.52. The number of hydrogen-bond donors (Lipinski definition) is 4. The minimum atomic E-state index is -0.859. The van der Waals surface area contributed by atoms with E-state index < -0.39 is 11.4 Å². The van der Waals surface area contributed by atoms with Crippen LogP contribution in [0.1, 0.15) is 13.8 Å². The van der Waals surface area contributed by atoms with Crippen molar-refractivity contribution in [2.24, 2.45) is 5.73 Å². The van der Waals surface area contributed by atoms with Crippen molar-refractivity contribution in [2.75, 3.05) is 11.1 Å². The number of aromatic amines is 1. The molecule has 2 rings (SSSR count). The molecule has 2 aromatic rings. The van der Waals surface area contributed by atoms with Gasteiger partial charge in [-0.3, -0.25) is 9.89 Å². The Morgan fingerprint density at radius 2 is 2.18 bits per heavy atom. The lowest BCUT2D eigenvalue weighted by Gasteiger charge is -2.24. The van der Waals surface area contributed by atoms with E-state index in [1.807, 2.05) is 6.07 Å². The van der Waals surface area contributed by atoms with Crippen molar-refractivity contribution >= 4 is 28.2 Å². The van der Waals surface area contributed by atoms with Gasteiger partial charge in [0.15, 0.2) is 0 Å². The van der Waals surface area contributed by atoms with E-state index in [4.69, 9.17) is 11.5 Å². The van der Waals surface area contributed by atoms with Gasteiger partial charge in [-0.05, 0) is 26.0 Å². The second-order valence-corrected chi connectivity index (χ2v) is 4.51. The third-order valence-electron chi connectivity index (χ3n) is 2.67. The minimum absolute atomic E-state index is 0.443. The van der Waals surface area contributed by atoms with Crippen molar-refractivity contribution in [3.63, 3.8) is 0 Å². The van der Waals surface area contributed by atoms with Crippen LogP contribution in [0.3, 0.4) is 0 Å². The van der Waals surface area contributed by atoms with Crippen LogP contribution in [0.2, 0.25) is 0 Å². The second kappa shape index (κ2) is 3.65. The average Bonchev–Trinajstić information content (AvgIpc) is 2.64. The molecule has 0 radical (unpaired) electrons. The largest absolute Gasteiger partial charge is 0.397 e. The van der Waals surface area contributed by atoms with Gasteiger partial charge in [0.2, 0.25) is 5.91 Å². The van der Waals surface area contributed by atoms with Crippen molar-refractivity contribution in [2.45, 2.75) is 19.4 Å². The van der Waals surface area contributed by atoms with E-state index in [2.05, 4.69) is 15.5 Å². The lowest BCUT2D eigenvalue weighted by molar-refractivity contribution is -0.121. The number of primary amides is 1. The first kappa shape index (κ1) is 11.3. The molecule has 0 aliphatic rings. The van der Waals surface area contributed by atoms with E-state index in [0.717, 1.165) is 10.9 Å². The van der Waals surface area contributed by atoms with Crippen molar-refractivity contribution < 1.29 is 4.79 Å². The molecule has 90 valence electrons. The molecule has 0 unspecified atom stereocenters. The maximum atomic E-state index is 11.2. The molecule has 0 bridgehead atoms. The maximum absolute atomic E-state index is 11.2. The standard InChI is InChI=1S/C11H15N5O/c1-11(2,10(13)17)15-9-4-8-6(3-7(9)12)5-14-16-8/h3-5,15H,12H2,1-2H3,(H2,13,17)(H,14,16). The van der Waals surface area contributed by atoms with Crippen LogP contribution in [0.4, 0.5) is 11.4 Å².